The van der Waals surface area contributed by atoms with E-state index < -0.39 is 0 Å². The molecule has 4 rings (SSSR count). The van der Waals surface area contributed by atoms with Crippen molar-refractivity contribution >= 4 is 28.6 Å². The van der Waals surface area contributed by atoms with Crippen molar-refractivity contribution in [3.05, 3.63) is 52.6 Å². The van der Waals surface area contributed by atoms with Gasteiger partial charge in [-0.3, -0.25) is 4.79 Å². The van der Waals surface area contributed by atoms with Gasteiger partial charge in [0, 0.05) is 41.6 Å². The fraction of sp³-hybridized carbons (Fsp3) is 0.333. The van der Waals surface area contributed by atoms with Gasteiger partial charge in [0.05, 0.1) is 10.7 Å². The normalized spacial score (nSPS) is 14.8. The van der Waals surface area contributed by atoms with Crippen LogP contribution in [-0.4, -0.2) is 29.0 Å². The molecule has 2 N–H and O–H groups in total. The number of rotatable bonds is 4. The molecule has 0 atom stereocenters. The molecule has 5 nitrogen and oxygen atoms in total. The molecule has 1 aliphatic heterocycles. The number of aromatic nitrogens is 2. The molecule has 0 spiro atoms. The Morgan fingerprint density at radius 2 is 2.00 bits per heavy atom. The SMILES string of the molecule is Cc1nc(-c2c[nH]c(C(=O)Nc3cccc(N4CCCCCC4)c3)c2)cs1. The number of aryl methyl sites for hydroxylation is 1. The standard InChI is InChI=1S/C21H24N4OS/c1-15-23-20(14-27-15)16-11-19(22-13-16)21(26)24-17-7-6-8-18(12-17)25-9-4-2-3-5-10-25/h6-8,11-14,22H,2-5,9-10H2,1H3,(H,24,26). The molecule has 0 bridgehead atoms. The first kappa shape index (κ1) is 17.8. The Labute approximate surface area is 163 Å². The van der Waals surface area contributed by atoms with Crippen LogP contribution in [-0.2, 0) is 0 Å². The van der Waals surface area contributed by atoms with E-state index in [0.29, 0.717) is 5.69 Å². The molecule has 1 saturated heterocycles. The summed E-state index contributed by atoms with van der Waals surface area (Å²) in [5.74, 6) is -0.138. The number of thiazole rings is 1. The molecule has 3 aromatic rings. The van der Waals surface area contributed by atoms with Gasteiger partial charge in [-0.1, -0.05) is 18.9 Å². The molecular weight excluding hydrogens is 356 g/mol. The number of amides is 1. The average Bonchev–Trinajstić information content (AvgIpc) is 3.24. The quantitative estimate of drug-likeness (QED) is 0.663. The van der Waals surface area contributed by atoms with Gasteiger partial charge in [-0.25, -0.2) is 4.98 Å². The maximum absolute atomic E-state index is 12.6. The van der Waals surface area contributed by atoms with Crippen molar-refractivity contribution in [3.8, 4) is 11.3 Å². The van der Waals surface area contributed by atoms with Gasteiger partial charge in [0.25, 0.3) is 5.91 Å². The van der Waals surface area contributed by atoms with Crippen LogP contribution in [0, 0.1) is 6.92 Å². The van der Waals surface area contributed by atoms with Gasteiger partial charge in [0.15, 0.2) is 0 Å². The second kappa shape index (κ2) is 7.96. The molecule has 1 amide bonds. The van der Waals surface area contributed by atoms with E-state index in [2.05, 4.69) is 32.3 Å². The lowest BCUT2D eigenvalue weighted by atomic mass is 10.2. The number of H-pyrrole nitrogens is 1. The van der Waals surface area contributed by atoms with Gasteiger partial charge < -0.3 is 15.2 Å². The molecule has 27 heavy (non-hydrogen) atoms. The summed E-state index contributed by atoms with van der Waals surface area (Å²) in [6.07, 6.45) is 6.91. The van der Waals surface area contributed by atoms with Gasteiger partial charge in [-0.2, -0.15) is 0 Å². The first-order valence-electron chi connectivity index (χ1n) is 9.46. The van der Waals surface area contributed by atoms with Crippen molar-refractivity contribution in [2.24, 2.45) is 0 Å². The summed E-state index contributed by atoms with van der Waals surface area (Å²) in [7, 11) is 0. The summed E-state index contributed by atoms with van der Waals surface area (Å²) in [5.41, 5.74) is 4.37. The number of nitrogens with zero attached hydrogens (tertiary/aromatic N) is 2. The number of carbonyl (C=O) groups excluding carboxylic acids is 1. The number of anilines is 2. The number of nitrogens with one attached hydrogen (secondary N) is 2. The van der Waals surface area contributed by atoms with E-state index in [9.17, 15) is 4.79 Å². The highest BCUT2D eigenvalue weighted by Gasteiger charge is 2.13. The van der Waals surface area contributed by atoms with Gasteiger partial charge in [-0.15, -0.1) is 11.3 Å². The molecule has 1 fully saturated rings. The smallest absolute Gasteiger partial charge is 0.272 e. The van der Waals surface area contributed by atoms with Crippen LogP contribution in [0.15, 0.2) is 41.9 Å². The predicted octanol–water partition coefficient (Wildman–Crippen LogP) is 5.08. The largest absolute Gasteiger partial charge is 0.371 e. The molecule has 2 aromatic heterocycles. The number of hydrogen-bond acceptors (Lipinski definition) is 4. The summed E-state index contributed by atoms with van der Waals surface area (Å²) in [6.45, 7) is 4.15. The van der Waals surface area contributed by atoms with Crippen molar-refractivity contribution in [2.75, 3.05) is 23.3 Å². The Balaban J connectivity index is 1.46. The van der Waals surface area contributed by atoms with Crippen LogP contribution in [0.3, 0.4) is 0 Å². The third kappa shape index (κ3) is 4.22. The van der Waals surface area contributed by atoms with Crippen LogP contribution in [0.1, 0.15) is 41.2 Å². The molecule has 0 radical (unpaired) electrons. The second-order valence-electron chi connectivity index (χ2n) is 6.96. The Kier molecular flexibility index (Phi) is 5.25. The minimum Gasteiger partial charge on any atom is -0.371 e. The number of benzene rings is 1. The van der Waals surface area contributed by atoms with Crippen LogP contribution < -0.4 is 10.2 Å². The Bertz CT molecular complexity index is 922. The van der Waals surface area contributed by atoms with Crippen LogP contribution >= 0.6 is 11.3 Å². The minimum atomic E-state index is -0.138. The van der Waals surface area contributed by atoms with E-state index in [4.69, 9.17) is 0 Å². The fourth-order valence-electron chi connectivity index (χ4n) is 3.48. The van der Waals surface area contributed by atoms with Gasteiger partial charge in [0.2, 0.25) is 0 Å². The predicted molar refractivity (Wildman–Crippen MR) is 112 cm³/mol. The minimum absolute atomic E-state index is 0.138. The van der Waals surface area contributed by atoms with E-state index in [-0.39, 0.29) is 5.91 Å². The number of hydrogen-bond donors (Lipinski definition) is 2. The summed E-state index contributed by atoms with van der Waals surface area (Å²) >= 11 is 1.61. The van der Waals surface area contributed by atoms with Crippen LogP contribution in [0.4, 0.5) is 11.4 Å². The Morgan fingerprint density at radius 3 is 2.74 bits per heavy atom. The Hall–Kier alpha value is -2.60. The average molecular weight is 381 g/mol. The van der Waals surface area contributed by atoms with Crippen molar-refractivity contribution in [1.82, 2.24) is 9.97 Å². The highest BCUT2D eigenvalue weighted by Crippen LogP contribution is 2.25. The molecule has 6 heteroatoms. The number of aromatic amines is 1. The summed E-state index contributed by atoms with van der Waals surface area (Å²) in [4.78, 5) is 22.6. The van der Waals surface area contributed by atoms with Crippen molar-refractivity contribution < 1.29 is 4.79 Å². The lowest BCUT2D eigenvalue weighted by Gasteiger charge is -2.23. The van der Waals surface area contributed by atoms with E-state index in [0.717, 1.165) is 35.0 Å². The van der Waals surface area contributed by atoms with Gasteiger partial charge in [-0.05, 0) is 44.0 Å². The maximum atomic E-state index is 12.6. The third-order valence-electron chi connectivity index (χ3n) is 4.92. The summed E-state index contributed by atoms with van der Waals surface area (Å²) in [5, 5.41) is 6.03. The van der Waals surface area contributed by atoms with E-state index in [1.54, 1.807) is 11.3 Å². The lowest BCUT2D eigenvalue weighted by molar-refractivity contribution is 0.102. The van der Waals surface area contributed by atoms with E-state index in [1.807, 2.05) is 36.7 Å². The van der Waals surface area contributed by atoms with Crippen molar-refractivity contribution in [2.45, 2.75) is 32.6 Å². The van der Waals surface area contributed by atoms with Gasteiger partial charge >= 0.3 is 0 Å². The molecule has 0 saturated carbocycles. The second-order valence-corrected chi connectivity index (χ2v) is 8.02. The number of carbonyl (C=O) groups is 1. The summed E-state index contributed by atoms with van der Waals surface area (Å²) < 4.78 is 0. The molecular formula is C21H24N4OS. The van der Waals surface area contributed by atoms with Gasteiger partial charge in [0.1, 0.15) is 5.69 Å². The zero-order valence-corrected chi connectivity index (χ0v) is 16.3. The van der Waals surface area contributed by atoms with Crippen molar-refractivity contribution in [3.63, 3.8) is 0 Å². The van der Waals surface area contributed by atoms with Crippen LogP contribution in [0.5, 0.6) is 0 Å². The van der Waals surface area contributed by atoms with E-state index >= 15 is 0 Å². The first-order valence-corrected chi connectivity index (χ1v) is 10.3. The first-order chi connectivity index (χ1) is 13.2. The van der Waals surface area contributed by atoms with Crippen molar-refractivity contribution in [1.29, 1.82) is 0 Å². The highest BCUT2D eigenvalue weighted by atomic mass is 32.1. The molecule has 0 aliphatic carbocycles. The Morgan fingerprint density at radius 1 is 1.19 bits per heavy atom. The maximum Gasteiger partial charge on any atom is 0.272 e. The highest BCUT2D eigenvalue weighted by molar-refractivity contribution is 7.09. The lowest BCUT2D eigenvalue weighted by Crippen LogP contribution is -2.24. The molecule has 140 valence electrons. The molecule has 0 unspecified atom stereocenters. The molecule has 3 heterocycles. The molecule has 1 aliphatic rings. The van der Waals surface area contributed by atoms with Crippen LogP contribution in [0.25, 0.3) is 11.3 Å². The fourth-order valence-corrected chi connectivity index (χ4v) is 4.10. The zero-order valence-electron chi connectivity index (χ0n) is 15.5. The monoisotopic (exact) mass is 380 g/mol. The topological polar surface area (TPSA) is 61.0 Å². The molecule has 1 aromatic carbocycles. The van der Waals surface area contributed by atoms with Crippen LogP contribution in [0.2, 0.25) is 0 Å². The summed E-state index contributed by atoms with van der Waals surface area (Å²) in [6, 6.07) is 9.98. The van der Waals surface area contributed by atoms with E-state index in [1.165, 1.54) is 31.4 Å². The third-order valence-corrected chi connectivity index (χ3v) is 5.69. The zero-order chi connectivity index (χ0) is 18.6.